The number of aliphatic carboxylic acids is 3. The van der Waals surface area contributed by atoms with E-state index in [0.29, 0.717) is 38.5 Å². The van der Waals surface area contributed by atoms with E-state index in [1.807, 2.05) is 19.9 Å². The fourth-order valence-corrected chi connectivity index (χ4v) is 13.3. The molecule has 58 heavy (non-hydrogen) atoms. The van der Waals surface area contributed by atoms with Gasteiger partial charge in [0.15, 0.2) is 18.4 Å². The second-order valence-electron chi connectivity index (χ2n) is 20.6. The summed E-state index contributed by atoms with van der Waals surface area (Å²) in [5, 5.41) is 89.2. The maximum Gasteiger partial charge on any atom is 0.187 e. The number of carbonyl (C=O) groups excluding carboxylic acids is 4. The fraction of sp³-hybridized carbons (Fsp3) is 0.857. The number of ketones is 1. The summed E-state index contributed by atoms with van der Waals surface area (Å²) in [6.07, 6.45) is -13.4. The summed E-state index contributed by atoms with van der Waals surface area (Å²) < 4.78 is 23.1. The average molecular weight is 820 g/mol. The van der Waals surface area contributed by atoms with Crippen molar-refractivity contribution in [3.8, 4) is 0 Å². The number of carbonyl (C=O) groups is 4. The van der Waals surface area contributed by atoms with Crippen LogP contribution in [0, 0.1) is 50.2 Å². The highest BCUT2D eigenvalue weighted by Crippen LogP contribution is 2.75. The van der Waals surface area contributed by atoms with E-state index in [1.165, 1.54) is 0 Å². The van der Waals surface area contributed by atoms with E-state index in [-0.39, 0.29) is 34.4 Å². The molecule has 0 spiro atoms. The predicted molar refractivity (Wildman–Crippen MR) is 192 cm³/mol. The number of rotatable bonds is 7. The molecule has 5 aliphatic carbocycles. The summed E-state index contributed by atoms with van der Waals surface area (Å²) in [6, 6.07) is 0. The maximum atomic E-state index is 14.8. The predicted octanol–water partition coefficient (Wildman–Crippen LogP) is -1.76. The van der Waals surface area contributed by atoms with Crippen LogP contribution < -0.4 is 15.3 Å². The highest BCUT2D eigenvalue weighted by atomic mass is 16.8. The van der Waals surface area contributed by atoms with Crippen molar-refractivity contribution in [3.05, 3.63) is 11.6 Å². The van der Waals surface area contributed by atoms with Crippen molar-refractivity contribution < 1.29 is 79.0 Å². The molecule has 0 radical (unpaired) electrons. The molecule has 2 heterocycles. The number of ether oxygens (including phenoxy) is 4. The SMILES string of the molecule is CC1(C)C2CC[C@]3(C)C(C(=O)C=C4C5C[C@@](C)(C(=O)[O-])CC[C@]5(C)CC[C@]43C)[C@@]2(C)CC[C@@H]1O[C@H]1O[C@H](C(=O)[O-])[C@@H](O)[C@H](O)[C@H]1O[C@@H]1O[C@H](C(=O)[O-])[C@@H](O)[C@H](O)[C@H]1O. The van der Waals surface area contributed by atoms with E-state index >= 15 is 0 Å². The quantitative estimate of drug-likeness (QED) is 0.178. The summed E-state index contributed by atoms with van der Waals surface area (Å²) in [5.74, 6) is -5.37. The Hall–Kier alpha value is -2.54. The molecule has 0 bridgehead atoms. The zero-order valence-electron chi connectivity index (χ0n) is 34.3. The molecule has 7 aliphatic rings. The minimum absolute atomic E-state index is 0.0357. The van der Waals surface area contributed by atoms with Crippen LogP contribution >= 0.6 is 0 Å². The summed E-state index contributed by atoms with van der Waals surface area (Å²) in [5.41, 5.74) is -2.11. The van der Waals surface area contributed by atoms with Crippen molar-refractivity contribution in [1.29, 1.82) is 0 Å². The molecule has 0 aromatic carbocycles. The first-order chi connectivity index (χ1) is 26.8. The van der Waals surface area contributed by atoms with Gasteiger partial charge in [0.25, 0.3) is 0 Å². The molecule has 6 fully saturated rings. The van der Waals surface area contributed by atoms with E-state index in [9.17, 15) is 60.0 Å². The molecule has 0 aromatic rings. The Morgan fingerprint density at radius 3 is 1.90 bits per heavy atom. The Labute approximate surface area is 337 Å². The molecule has 0 amide bonds. The standard InChI is InChI=1S/C42H62O16/c1-37(2)21-8-11-42(7)31(20(43)16-18-19-17-39(4,36(53)54)13-12-38(19,3)14-15-41(18,42)6)40(21,5)10-9-22(37)55-35-30(26(47)25(46)29(57-35)33(51)52)58-34-27(48)23(44)24(45)28(56-34)32(49)50/h16,19,21-31,34-35,44-48H,8-15,17H2,1-7H3,(H,49,50)(H,51,52)(H,53,54)/p-3/t19?,21?,22-,23-,24-,25-,26-,27+,28-,29-,30+,31?,34-,35-,38+,39-,40-,41+,42+/m0/s1. The van der Waals surface area contributed by atoms with Crippen LogP contribution in [0.2, 0.25) is 0 Å². The molecule has 16 heteroatoms. The Balaban J connectivity index is 1.17. The number of carboxylic acids is 3. The number of hydrogen-bond acceptors (Lipinski definition) is 16. The molecule has 5 N–H and O–H groups in total. The molecule has 2 saturated heterocycles. The Kier molecular flexibility index (Phi) is 10.7. The molecule has 4 saturated carbocycles. The normalized spacial score (nSPS) is 52.6. The van der Waals surface area contributed by atoms with Gasteiger partial charge in [0, 0.05) is 17.3 Å². The van der Waals surface area contributed by atoms with Crippen LogP contribution in [-0.2, 0) is 38.1 Å². The lowest BCUT2D eigenvalue weighted by Crippen LogP contribution is -2.68. The van der Waals surface area contributed by atoms with Crippen LogP contribution in [0.5, 0.6) is 0 Å². The number of allylic oxidation sites excluding steroid dienone is 2. The minimum Gasteiger partial charge on any atom is -0.550 e. The van der Waals surface area contributed by atoms with Crippen molar-refractivity contribution in [2.45, 2.75) is 174 Å². The van der Waals surface area contributed by atoms with Gasteiger partial charge in [-0.15, -0.1) is 0 Å². The lowest BCUT2D eigenvalue weighted by Gasteiger charge is -2.70. The topological polar surface area (TPSA) is 276 Å². The minimum atomic E-state index is -2.16. The van der Waals surface area contributed by atoms with Crippen molar-refractivity contribution in [2.24, 2.45) is 50.2 Å². The molecule has 16 nitrogen and oxygen atoms in total. The second kappa shape index (κ2) is 14.3. The number of aliphatic hydroxyl groups is 5. The van der Waals surface area contributed by atoms with Gasteiger partial charge in [-0.25, -0.2) is 0 Å². The average Bonchev–Trinajstić information content (AvgIpc) is 3.13. The van der Waals surface area contributed by atoms with Gasteiger partial charge in [0.05, 0.1) is 18.0 Å². The highest BCUT2D eigenvalue weighted by Gasteiger charge is 2.70. The van der Waals surface area contributed by atoms with Crippen molar-refractivity contribution >= 4 is 23.7 Å². The molecule has 7 rings (SSSR count). The lowest BCUT2D eigenvalue weighted by atomic mass is 9.33. The van der Waals surface area contributed by atoms with E-state index in [4.69, 9.17) is 18.9 Å². The van der Waals surface area contributed by atoms with Crippen LogP contribution in [0.15, 0.2) is 11.6 Å². The third-order valence-electron chi connectivity index (χ3n) is 17.2. The number of hydrogen-bond donors (Lipinski definition) is 5. The molecule has 0 aromatic heterocycles. The van der Waals surface area contributed by atoms with Crippen LogP contribution in [-0.4, -0.2) is 117 Å². The van der Waals surface area contributed by atoms with Gasteiger partial charge < -0.3 is 74.2 Å². The van der Waals surface area contributed by atoms with Gasteiger partial charge in [-0.2, -0.15) is 0 Å². The van der Waals surface area contributed by atoms with E-state index in [2.05, 4.69) is 27.7 Å². The molecular weight excluding hydrogens is 760 g/mol. The first-order valence-corrected chi connectivity index (χ1v) is 20.7. The second-order valence-corrected chi connectivity index (χ2v) is 20.6. The van der Waals surface area contributed by atoms with Crippen LogP contribution in [0.1, 0.15) is 106 Å². The van der Waals surface area contributed by atoms with Crippen molar-refractivity contribution in [1.82, 2.24) is 0 Å². The van der Waals surface area contributed by atoms with Crippen LogP contribution in [0.3, 0.4) is 0 Å². The number of aliphatic hydroxyl groups excluding tert-OH is 5. The summed E-state index contributed by atoms with van der Waals surface area (Å²) in [7, 11) is 0. The zero-order valence-corrected chi connectivity index (χ0v) is 34.3. The third-order valence-corrected chi connectivity index (χ3v) is 17.2. The maximum absolute atomic E-state index is 14.8. The van der Waals surface area contributed by atoms with Gasteiger partial charge in [-0.1, -0.05) is 54.0 Å². The van der Waals surface area contributed by atoms with E-state index in [1.54, 1.807) is 6.92 Å². The molecule has 3 unspecified atom stereocenters. The highest BCUT2D eigenvalue weighted by molar-refractivity contribution is 5.95. The van der Waals surface area contributed by atoms with Gasteiger partial charge in [0.1, 0.15) is 48.8 Å². The van der Waals surface area contributed by atoms with Crippen LogP contribution in [0.25, 0.3) is 0 Å². The molecule has 19 atom stereocenters. The summed E-state index contributed by atoms with van der Waals surface area (Å²) in [4.78, 5) is 50.9. The van der Waals surface area contributed by atoms with Crippen molar-refractivity contribution in [3.63, 3.8) is 0 Å². The number of carboxylic acid groups (broad SMARTS) is 3. The van der Waals surface area contributed by atoms with E-state index in [0.717, 1.165) is 24.8 Å². The molecule has 2 aliphatic heterocycles. The summed E-state index contributed by atoms with van der Waals surface area (Å²) >= 11 is 0. The first-order valence-electron chi connectivity index (χ1n) is 20.7. The van der Waals surface area contributed by atoms with Gasteiger partial charge in [-0.05, 0) is 103 Å². The molecular formula is C42H59O16-3. The molecule has 326 valence electrons. The van der Waals surface area contributed by atoms with Gasteiger partial charge in [-0.3, -0.25) is 4.79 Å². The fourth-order valence-electron chi connectivity index (χ4n) is 13.3. The van der Waals surface area contributed by atoms with Gasteiger partial charge in [0.2, 0.25) is 0 Å². The monoisotopic (exact) mass is 819 g/mol. The third kappa shape index (κ3) is 6.25. The Bertz CT molecular complexity index is 1730. The lowest BCUT2D eigenvalue weighted by molar-refractivity contribution is -0.391. The van der Waals surface area contributed by atoms with E-state index < -0.39 is 107 Å². The largest absolute Gasteiger partial charge is 0.550 e. The Morgan fingerprint density at radius 2 is 1.29 bits per heavy atom. The Morgan fingerprint density at radius 1 is 0.707 bits per heavy atom. The number of fused-ring (bicyclic) bond motifs is 7. The zero-order chi connectivity index (χ0) is 42.9. The first kappa shape index (κ1) is 43.5. The smallest absolute Gasteiger partial charge is 0.187 e. The summed E-state index contributed by atoms with van der Waals surface area (Å²) in [6.45, 7) is 14.6. The van der Waals surface area contributed by atoms with Crippen molar-refractivity contribution in [2.75, 3.05) is 0 Å². The van der Waals surface area contributed by atoms with Crippen LogP contribution in [0.4, 0.5) is 0 Å². The van der Waals surface area contributed by atoms with Gasteiger partial charge >= 0.3 is 0 Å².